The first kappa shape index (κ1) is 47.2. The zero-order valence-electron chi connectivity index (χ0n) is 30.7. The lowest BCUT2D eigenvalue weighted by Crippen LogP contribution is -2.29. The summed E-state index contributed by atoms with van der Waals surface area (Å²) in [5.41, 5.74) is 0. The zero-order chi connectivity index (χ0) is 36.3. The van der Waals surface area contributed by atoms with Crippen molar-refractivity contribution in [3.05, 3.63) is 36.5 Å². The fourth-order valence-electron chi connectivity index (χ4n) is 4.89. The van der Waals surface area contributed by atoms with E-state index in [9.17, 15) is 24.2 Å². The molecule has 0 saturated heterocycles. The molecule has 10 nitrogen and oxygen atoms in total. The van der Waals surface area contributed by atoms with Crippen LogP contribution in [0.15, 0.2) is 36.5 Å². The van der Waals surface area contributed by atoms with E-state index in [1.807, 2.05) is 0 Å². The Hall–Kier alpha value is -1.81. The van der Waals surface area contributed by atoms with E-state index < -0.39 is 51.8 Å². The molecule has 49 heavy (non-hydrogen) atoms. The fourth-order valence-corrected chi connectivity index (χ4v) is 5.68. The zero-order valence-corrected chi connectivity index (χ0v) is 31.5. The molecule has 11 heteroatoms. The van der Waals surface area contributed by atoms with Gasteiger partial charge in [-0.05, 0) is 44.9 Å². The van der Waals surface area contributed by atoms with E-state index in [0.29, 0.717) is 12.8 Å². The SMILES string of the molecule is CC/C=C\C/C=C\C/C=C\CCCCCC(=O)OC(COC(=O)CCCCCCCCCCCCCCC)COP(=O)(O)OCC(O)CO. The molecule has 3 atom stereocenters. The molecule has 0 amide bonds. The van der Waals surface area contributed by atoms with Crippen LogP contribution in [0.25, 0.3) is 0 Å². The van der Waals surface area contributed by atoms with Gasteiger partial charge in [0.2, 0.25) is 0 Å². The van der Waals surface area contributed by atoms with Gasteiger partial charge in [-0.2, -0.15) is 0 Å². The number of carbonyl (C=O) groups is 2. The van der Waals surface area contributed by atoms with Crippen LogP contribution in [0, 0.1) is 0 Å². The molecule has 0 aliphatic rings. The Labute approximate surface area is 297 Å². The molecule has 0 rings (SSSR count). The molecule has 0 aliphatic heterocycles. The largest absolute Gasteiger partial charge is 0.472 e. The van der Waals surface area contributed by atoms with Gasteiger partial charge in [-0.15, -0.1) is 0 Å². The molecule has 0 saturated carbocycles. The van der Waals surface area contributed by atoms with Gasteiger partial charge in [-0.3, -0.25) is 18.6 Å². The minimum Gasteiger partial charge on any atom is -0.462 e. The summed E-state index contributed by atoms with van der Waals surface area (Å²) >= 11 is 0. The van der Waals surface area contributed by atoms with Gasteiger partial charge in [0.25, 0.3) is 0 Å². The molecule has 0 aromatic rings. The molecule has 0 aromatic carbocycles. The minimum atomic E-state index is -4.62. The van der Waals surface area contributed by atoms with E-state index in [1.165, 1.54) is 57.8 Å². The van der Waals surface area contributed by atoms with Crippen LogP contribution >= 0.6 is 7.82 Å². The van der Waals surface area contributed by atoms with E-state index in [0.717, 1.165) is 57.8 Å². The molecule has 3 unspecified atom stereocenters. The molecule has 0 fully saturated rings. The number of aliphatic hydroxyl groups is 2. The number of phosphoric ester groups is 1. The van der Waals surface area contributed by atoms with Crippen LogP contribution in [0.4, 0.5) is 0 Å². The maximum atomic E-state index is 12.5. The second-order valence-corrected chi connectivity index (χ2v) is 14.0. The van der Waals surface area contributed by atoms with Crippen LogP contribution in [0.1, 0.15) is 155 Å². The summed E-state index contributed by atoms with van der Waals surface area (Å²) < 4.78 is 32.5. The maximum absolute atomic E-state index is 12.5. The molecule has 0 heterocycles. The molecule has 286 valence electrons. The summed E-state index contributed by atoms with van der Waals surface area (Å²) in [5, 5.41) is 18.3. The molecular formula is C38H69O10P. The molecule has 0 bridgehead atoms. The third kappa shape index (κ3) is 34.4. The lowest BCUT2D eigenvalue weighted by molar-refractivity contribution is -0.161. The van der Waals surface area contributed by atoms with Gasteiger partial charge in [-0.25, -0.2) is 4.57 Å². The fraction of sp³-hybridized carbons (Fsp3) is 0.789. The maximum Gasteiger partial charge on any atom is 0.472 e. The highest BCUT2D eigenvalue weighted by atomic mass is 31.2. The van der Waals surface area contributed by atoms with Crippen molar-refractivity contribution < 1.29 is 47.8 Å². The summed E-state index contributed by atoms with van der Waals surface area (Å²) in [6.45, 7) is 2.21. The van der Waals surface area contributed by atoms with Crippen molar-refractivity contribution in [2.75, 3.05) is 26.4 Å². The van der Waals surface area contributed by atoms with Gasteiger partial charge in [0, 0.05) is 12.8 Å². The lowest BCUT2D eigenvalue weighted by atomic mass is 10.0. The summed E-state index contributed by atoms with van der Waals surface area (Å²) in [5.74, 6) is -0.959. The Kier molecular flexibility index (Phi) is 33.4. The van der Waals surface area contributed by atoms with Crippen molar-refractivity contribution in [2.24, 2.45) is 0 Å². The summed E-state index contributed by atoms with van der Waals surface area (Å²) in [7, 11) is -4.62. The van der Waals surface area contributed by atoms with E-state index in [1.54, 1.807) is 0 Å². The third-order valence-corrected chi connectivity index (χ3v) is 8.76. The average molecular weight is 717 g/mol. The first-order valence-electron chi connectivity index (χ1n) is 18.9. The number of phosphoric acid groups is 1. The number of aliphatic hydroxyl groups excluding tert-OH is 2. The predicted molar refractivity (Wildman–Crippen MR) is 196 cm³/mol. The van der Waals surface area contributed by atoms with Gasteiger partial charge >= 0.3 is 19.8 Å². The number of ether oxygens (including phenoxy) is 2. The van der Waals surface area contributed by atoms with Crippen LogP contribution < -0.4 is 0 Å². The van der Waals surface area contributed by atoms with Gasteiger partial charge in [0.05, 0.1) is 19.8 Å². The van der Waals surface area contributed by atoms with Crippen molar-refractivity contribution in [2.45, 2.75) is 167 Å². The highest BCUT2D eigenvalue weighted by Crippen LogP contribution is 2.43. The monoisotopic (exact) mass is 716 g/mol. The number of unbranched alkanes of at least 4 members (excludes halogenated alkanes) is 15. The molecule has 0 aliphatic carbocycles. The van der Waals surface area contributed by atoms with Crippen molar-refractivity contribution in [3.8, 4) is 0 Å². The second kappa shape index (κ2) is 34.6. The molecule has 0 spiro atoms. The first-order chi connectivity index (χ1) is 23.7. The quantitative estimate of drug-likeness (QED) is 0.0251. The number of hydrogen-bond donors (Lipinski definition) is 3. The van der Waals surface area contributed by atoms with Gasteiger partial charge in [0.15, 0.2) is 6.10 Å². The molecule has 0 aromatic heterocycles. The molecule has 0 radical (unpaired) electrons. The first-order valence-corrected chi connectivity index (χ1v) is 20.4. The standard InChI is InChI=1S/C38H69O10P/c1-3-5-7-9-11-13-15-17-19-21-23-25-27-29-37(41)45-33-36(34-47-49(43,44)46-32-35(40)31-39)48-38(42)30-28-26-24-22-20-18-16-14-12-10-8-6-4-2/h6,8,12,14,18,20,35-36,39-40H,3-5,7,9-11,13,15-17,19,21-34H2,1-2H3,(H,43,44)/b8-6-,14-12-,20-18-. The van der Waals surface area contributed by atoms with Gasteiger partial charge < -0.3 is 24.6 Å². The van der Waals surface area contributed by atoms with E-state index in [-0.39, 0.29) is 19.4 Å². The summed E-state index contributed by atoms with van der Waals surface area (Å²) in [4.78, 5) is 34.8. The number of rotatable bonds is 35. The minimum absolute atomic E-state index is 0.150. The topological polar surface area (TPSA) is 149 Å². The summed E-state index contributed by atoms with van der Waals surface area (Å²) in [6, 6.07) is 0. The van der Waals surface area contributed by atoms with E-state index in [2.05, 4.69) is 54.8 Å². The third-order valence-electron chi connectivity index (χ3n) is 7.81. The number of esters is 2. The van der Waals surface area contributed by atoms with Gasteiger partial charge in [-0.1, -0.05) is 134 Å². The van der Waals surface area contributed by atoms with Crippen molar-refractivity contribution in [3.63, 3.8) is 0 Å². The van der Waals surface area contributed by atoms with Crippen molar-refractivity contribution >= 4 is 19.8 Å². The Morgan fingerprint density at radius 3 is 1.69 bits per heavy atom. The van der Waals surface area contributed by atoms with Gasteiger partial charge in [0.1, 0.15) is 12.7 Å². The van der Waals surface area contributed by atoms with E-state index >= 15 is 0 Å². The number of hydrogen-bond acceptors (Lipinski definition) is 9. The van der Waals surface area contributed by atoms with Crippen molar-refractivity contribution in [1.82, 2.24) is 0 Å². The van der Waals surface area contributed by atoms with Crippen molar-refractivity contribution in [1.29, 1.82) is 0 Å². The highest BCUT2D eigenvalue weighted by Gasteiger charge is 2.27. The van der Waals surface area contributed by atoms with Crippen LogP contribution in [-0.4, -0.2) is 65.7 Å². The normalized spacial score (nSPS) is 14.5. The smallest absolute Gasteiger partial charge is 0.462 e. The Morgan fingerprint density at radius 2 is 1.12 bits per heavy atom. The second-order valence-electron chi connectivity index (χ2n) is 12.6. The van der Waals surface area contributed by atoms with Crippen LogP contribution in [0.3, 0.4) is 0 Å². The Balaban J connectivity index is 4.42. The lowest BCUT2D eigenvalue weighted by Gasteiger charge is -2.20. The summed E-state index contributed by atoms with van der Waals surface area (Å²) in [6.07, 6.45) is 32.6. The Morgan fingerprint density at radius 1 is 0.633 bits per heavy atom. The molecule has 3 N–H and O–H groups in total. The predicted octanol–water partition coefficient (Wildman–Crippen LogP) is 9.22. The molecular weight excluding hydrogens is 647 g/mol. The van der Waals surface area contributed by atoms with Crippen LogP contribution in [0.5, 0.6) is 0 Å². The van der Waals surface area contributed by atoms with E-state index in [4.69, 9.17) is 19.1 Å². The Bertz CT molecular complexity index is 920. The highest BCUT2D eigenvalue weighted by molar-refractivity contribution is 7.47. The number of allylic oxidation sites excluding steroid dienone is 6. The average Bonchev–Trinajstić information content (AvgIpc) is 3.09. The number of carbonyl (C=O) groups excluding carboxylic acids is 2. The van der Waals surface area contributed by atoms with Crippen LogP contribution in [-0.2, 0) is 32.7 Å². The van der Waals surface area contributed by atoms with Crippen LogP contribution in [0.2, 0.25) is 0 Å².